The zero-order chi connectivity index (χ0) is 14.9. The van der Waals surface area contributed by atoms with Gasteiger partial charge in [0.1, 0.15) is 12.4 Å². The highest BCUT2D eigenvalue weighted by atomic mass is 35.5. The summed E-state index contributed by atoms with van der Waals surface area (Å²) in [5, 5.41) is 0.149. The van der Waals surface area contributed by atoms with Crippen LogP contribution in [0, 0.1) is 29.1 Å². The van der Waals surface area contributed by atoms with Gasteiger partial charge in [-0.25, -0.2) is 22.0 Å². The summed E-state index contributed by atoms with van der Waals surface area (Å²) in [6.45, 7) is -0.838. The third kappa shape index (κ3) is 2.56. The predicted molar refractivity (Wildman–Crippen MR) is 62.0 cm³/mol. The van der Waals surface area contributed by atoms with E-state index in [1.807, 2.05) is 0 Å². The van der Waals surface area contributed by atoms with Gasteiger partial charge < -0.3 is 4.74 Å². The van der Waals surface area contributed by atoms with Crippen LogP contribution in [-0.4, -0.2) is 0 Å². The minimum Gasteiger partial charge on any atom is -0.487 e. The van der Waals surface area contributed by atoms with Crippen molar-refractivity contribution in [3.63, 3.8) is 0 Å². The molecule has 0 saturated carbocycles. The van der Waals surface area contributed by atoms with E-state index in [4.69, 9.17) is 16.3 Å². The largest absolute Gasteiger partial charge is 0.487 e. The van der Waals surface area contributed by atoms with Gasteiger partial charge in [-0.2, -0.15) is 0 Å². The molecule has 0 spiro atoms. The van der Waals surface area contributed by atoms with Crippen molar-refractivity contribution in [3.05, 3.63) is 63.9 Å². The SMILES string of the molecule is Fc1c(F)c(F)c(COc2ccccc2Cl)c(F)c1F. The van der Waals surface area contributed by atoms with Crippen molar-refractivity contribution in [3.8, 4) is 5.75 Å². The molecule has 20 heavy (non-hydrogen) atoms. The Morgan fingerprint density at radius 1 is 0.800 bits per heavy atom. The highest BCUT2D eigenvalue weighted by molar-refractivity contribution is 6.32. The third-order valence-corrected chi connectivity index (χ3v) is 2.82. The maximum Gasteiger partial charge on any atom is 0.200 e. The van der Waals surface area contributed by atoms with E-state index < -0.39 is 41.3 Å². The number of ether oxygens (including phenoxy) is 1. The second kappa shape index (κ2) is 5.66. The quantitative estimate of drug-likeness (QED) is 0.457. The summed E-state index contributed by atoms with van der Waals surface area (Å²) in [5.41, 5.74) is -1.05. The molecule has 106 valence electrons. The van der Waals surface area contributed by atoms with Crippen molar-refractivity contribution >= 4 is 11.6 Å². The molecular formula is C13H6ClF5O. The number of halogens is 6. The minimum absolute atomic E-state index is 0.0677. The first-order valence-electron chi connectivity index (χ1n) is 5.31. The topological polar surface area (TPSA) is 9.23 Å². The first-order chi connectivity index (χ1) is 9.43. The van der Waals surface area contributed by atoms with Crippen molar-refractivity contribution in [2.24, 2.45) is 0 Å². The molecule has 0 atom stereocenters. The van der Waals surface area contributed by atoms with E-state index >= 15 is 0 Å². The van der Waals surface area contributed by atoms with Gasteiger partial charge >= 0.3 is 0 Å². The average molecular weight is 309 g/mol. The molecule has 2 aromatic carbocycles. The second-order valence-electron chi connectivity index (χ2n) is 3.77. The van der Waals surface area contributed by atoms with Crippen molar-refractivity contribution < 1.29 is 26.7 Å². The van der Waals surface area contributed by atoms with Crippen molar-refractivity contribution in [2.75, 3.05) is 0 Å². The molecule has 1 nitrogen and oxygen atoms in total. The van der Waals surface area contributed by atoms with E-state index in [0.717, 1.165) is 0 Å². The summed E-state index contributed by atoms with van der Waals surface area (Å²) in [6.07, 6.45) is 0. The minimum atomic E-state index is -2.21. The third-order valence-electron chi connectivity index (χ3n) is 2.51. The van der Waals surface area contributed by atoms with Crippen LogP contribution in [0.4, 0.5) is 22.0 Å². The van der Waals surface area contributed by atoms with E-state index in [1.54, 1.807) is 12.1 Å². The van der Waals surface area contributed by atoms with Crippen LogP contribution in [-0.2, 0) is 6.61 Å². The molecule has 0 aliphatic carbocycles. The van der Waals surface area contributed by atoms with Gasteiger partial charge in [-0.1, -0.05) is 23.7 Å². The monoisotopic (exact) mass is 308 g/mol. The zero-order valence-electron chi connectivity index (χ0n) is 9.69. The number of benzene rings is 2. The highest BCUT2D eigenvalue weighted by Gasteiger charge is 2.25. The molecule has 0 heterocycles. The standard InChI is InChI=1S/C13H6ClF5O/c14-7-3-1-2-4-8(7)20-5-6-9(15)11(17)13(19)12(18)10(6)16/h1-4H,5H2. The second-order valence-corrected chi connectivity index (χ2v) is 4.17. The maximum atomic E-state index is 13.4. The Balaban J connectivity index is 2.33. The number of para-hydroxylation sites is 1. The maximum absolute atomic E-state index is 13.4. The Kier molecular flexibility index (Phi) is 4.13. The Hall–Kier alpha value is -1.82. The Bertz CT molecular complexity index is 630. The summed E-state index contributed by atoms with van der Waals surface area (Å²) < 4.78 is 70.5. The van der Waals surface area contributed by atoms with Crippen molar-refractivity contribution in [2.45, 2.75) is 6.61 Å². The summed E-state index contributed by atoms with van der Waals surface area (Å²) >= 11 is 5.74. The number of rotatable bonds is 3. The van der Waals surface area contributed by atoms with Gasteiger partial charge in [0.25, 0.3) is 0 Å². The Labute approximate surface area is 115 Å². The molecule has 2 aromatic rings. The van der Waals surface area contributed by atoms with Crippen LogP contribution in [0.5, 0.6) is 5.75 Å². The molecule has 0 radical (unpaired) electrons. The fourth-order valence-electron chi connectivity index (χ4n) is 1.49. The van der Waals surface area contributed by atoms with E-state index in [2.05, 4.69) is 0 Å². The molecule has 0 aromatic heterocycles. The molecule has 0 saturated heterocycles. The fourth-order valence-corrected chi connectivity index (χ4v) is 1.68. The number of hydrogen-bond acceptors (Lipinski definition) is 1. The lowest BCUT2D eigenvalue weighted by molar-refractivity contribution is 0.279. The fraction of sp³-hybridized carbons (Fsp3) is 0.0769. The first kappa shape index (κ1) is 14.6. The van der Waals surface area contributed by atoms with E-state index in [-0.39, 0.29) is 10.8 Å². The van der Waals surface area contributed by atoms with Gasteiger partial charge in [-0.3, -0.25) is 0 Å². The average Bonchev–Trinajstić information content (AvgIpc) is 2.45. The lowest BCUT2D eigenvalue weighted by Crippen LogP contribution is -2.09. The van der Waals surface area contributed by atoms with Gasteiger partial charge in [0.2, 0.25) is 5.82 Å². The van der Waals surface area contributed by atoms with Gasteiger partial charge in [0.05, 0.1) is 10.6 Å². The van der Waals surface area contributed by atoms with Crippen LogP contribution in [0.15, 0.2) is 24.3 Å². The van der Waals surface area contributed by atoms with Crippen LogP contribution in [0.3, 0.4) is 0 Å². The highest BCUT2D eigenvalue weighted by Crippen LogP contribution is 2.27. The summed E-state index contributed by atoms with van der Waals surface area (Å²) in [6, 6.07) is 5.98. The van der Waals surface area contributed by atoms with E-state index in [1.165, 1.54) is 12.1 Å². The van der Waals surface area contributed by atoms with Crippen LogP contribution in [0.1, 0.15) is 5.56 Å². The first-order valence-corrected chi connectivity index (χ1v) is 5.69. The predicted octanol–water partition coefficient (Wildman–Crippen LogP) is 4.61. The summed E-state index contributed by atoms with van der Waals surface area (Å²) in [4.78, 5) is 0. The summed E-state index contributed by atoms with van der Waals surface area (Å²) in [5.74, 6) is -10.0. The zero-order valence-corrected chi connectivity index (χ0v) is 10.4. The van der Waals surface area contributed by atoms with Crippen molar-refractivity contribution in [1.29, 1.82) is 0 Å². The Morgan fingerprint density at radius 2 is 1.30 bits per heavy atom. The molecule has 0 unspecified atom stereocenters. The van der Waals surface area contributed by atoms with Gasteiger partial charge in [-0.15, -0.1) is 0 Å². The molecule has 0 aliphatic rings. The molecule has 0 bridgehead atoms. The van der Waals surface area contributed by atoms with Crippen LogP contribution < -0.4 is 4.74 Å². The molecule has 0 aliphatic heterocycles. The molecule has 0 fully saturated rings. The van der Waals surface area contributed by atoms with Crippen LogP contribution in [0.2, 0.25) is 5.02 Å². The van der Waals surface area contributed by atoms with Gasteiger partial charge in [-0.05, 0) is 12.1 Å². The van der Waals surface area contributed by atoms with Gasteiger partial charge in [0.15, 0.2) is 23.3 Å². The smallest absolute Gasteiger partial charge is 0.200 e. The van der Waals surface area contributed by atoms with Crippen LogP contribution in [0.25, 0.3) is 0 Å². The lowest BCUT2D eigenvalue weighted by atomic mass is 10.2. The molecule has 0 N–H and O–H groups in total. The molecular weight excluding hydrogens is 303 g/mol. The number of hydrogen-bond donors (Lipinski definition) is 0. The molecule has 2 rings (SSSR count). The molecule has 7 heteroatoms. The normalized spacial score (nSPS) is 10.7. The van der Waals surface area contributed by atoms with E-state index in [0.29, 0.717) is 0 Å². The molecule has 0 amide bonds. The summed E-state index contributed by atoms with van der Waals surface area (Å²) in [7, 11) is 0. The van der Waals surface area contributed by atoms with E-state index in [9.17, 15) is 22.0 Å². The van der Waals surface area contributed by atoms with Crippen LogP contribution >= 0.6 is 11.6 Å². The van der Waals surface area contributed by atoms with Crippen molar-refractivity contribution in [1.82, 2.24) is 0 Å². The lowest BCUT2D eigenvalue weighted by Gasteiger charge is -2.10. The Morgan fingerprint density at radius 3 is 1.85 bits per heavy atom. The van der Waals surface area contributed by atoms with Gasteiger partial charge in [0, 0.05) is 0 Å².